The van der Waals surface area contributed by atoms with Gasteiger partial charge in [0, 0.05) is 13.1 Å². The standard InChI is InChI=1S/C13H13N5S/c1-9-3-2-4-11-12(9)16-13(19-11)17-7-10(8-17)18-14-5-6-15-18/h2-6,10H,7-8H2,1H3. The van der Waals surface area contributed by atoms with Gasteiger partial charge in [-0.15, -0.1) is 0 Å². The van der Waals surface area contributed by atoms with Gasteiger partial charge in [0.25, 0.3) is 0 Å². The Morgan fingerprint density at radius 1 is 1.21 bits per heavy atom. The van der Waals surface area contributed by atoms with Gasteiger partial charge in [-0.2, -0.15) is 15.0 Å². The minimum Gasteiger partial charge on any atom is -0.343 e. The molecule has 1 aromatic carbocycles. The molecule has 0 amide bonds. The highest BCUT2D eigenvalue weighted by Crippen LogP contribution is 2.34. The van der Waals surface area contributed by atoms with Crippen molar-refractivity contribution in [2.24, 2.45) is 0 Å². The van der Waals surface area contributed by atoms with Gasteiger partial charge in [0.1, 0.15) is 6.04 Å². The zero-order chi connectivity index (χ0) is 12.8. The number of aromatic nitrogens is 4. The van der Waals surface area contributed by atoms with Gasteiger partial charge in [-0.05, 0) is 18.6 Å². The van der Waals surface area contributed by atoms with Crippen LogP contribution in [-0.4, -0.2) is 33.1 Å². The molecule has 96 valence electrons. The van der Waals surface area contributed by atoms with Crippen LogP contribution >= 0.6 is 11.3 Å². The second kappa shape index (κ2) is 4.03. The molecule has 1 aliphatic rings. The van der Waals surface area contributed by atoms with Gasteiger partial charge >= 0.3 is 0 Å². The van der Waals surface area contributed by atoms with Gasteiger partial charge < -0.3 is 4.90 Å². The van der Waals surface area contributed by atoms with Crippen molar-refractivity contribution in [3.8, 4) is 0 Å². The second-order valence-corrected chi connectivity index (χ2v) is 5.84. The Labute approximate surface area is 114 Å². The van der Waals surface area contributed by atoms with Gasteiger partial charge in [-0.1, -0.05) is 23.5 Å². The van der Waals surface area contributed by atoms with Crippen LogP contribution in [0.1, 0.15) is 11.6 Å². The molecule has 0 bridgehead atoms. The first-order chi connectivity index (χ1) is 9.31. The zero-order valence-electron chi connectivity index (χ0n) is 10.5. The van der Waals surface area contributed by atoms with E-state index in [2.05, 4.69) is 40.2 Å². The van der Waals surface area contributed by atoms with Crippen LogP contribution in [0.4, 0.5) is 5.13 Å². The molecule has 0 unspecified atom stereocenters. The van der Waals surface area contributed by atoms with Crippen molar-refractivity contribution in [1.82, 2.24) is 20.0 Å². The summed E-state index contributed by atoms with van der Waals surface area (Å²) >= 11 is 1.76. The molecule has 0 atom stereocenters. The van der Waals surface area contributed by atoms with Gasteiger partial charge in [0.05, 0.1) is 22.6 Å². The lowest BCUT2D eigenvalue weighted by Gasteiger charge is -2.37. The highest BCUT2D eigenvalue weighted by Gasteiger charge is 2.31. The molecule has 1 fully saturated rings. The van der Waals surface area contributed by atoms with E-state index in [-0.39, 0.29) is 0 Å². The van der Waals surface area contributed by atoms with Gasteiger partial charge in [0.2, 0.25) is 0 Å². The Morgan fingerprint density at radius 3 is 2.74 bits per heavy atom. The Morgan fingerprint density at radius 2 is 2.00 bits per heavy atom. The molecule has 3 heterocycles. The number of nitrogens with zero attached hydrogens (tertiary/aromatic N) is 5. The maximum absolute atomic E-state index is 4.74. The summed E-state index contributed by atoms with van der Waals surface area (Å²) in [5.74, 6) is 0. The Kier molecular flexibility index (Phi) is 2.32. The molecule has 1 aliphatic heterocycles. The molecular formula is C13H13N5S. The van der Waals surface area contributed by atoms with Gasteiger partial charge in [0.15, 0.2) is 5.13 Å². The predicted octanol–water partition coefficient (Wildman–Crippen LogP) is 2.26. The fourth-order valence-electron chi connectivity index (χ4n) is 2.38. The second-order valence-electron chi connectivity index (χ2n) is 4.83. The molecular weight excluding hydrogens is 258 g/mol. The summed E-state index contributed by atoms with van der Waals surface area (Å²) in [7, 11) is 0. The van der Waals surface area contributed by atoms with Crippen molar-refractivity contribution < 1.29 is 0 Å². The monoisotopic (exact) mass is 271 g/mol. The summed E-state index contributed by atoms with van der Waals surface area (Å²) in [6.07, 6.45) is 3.45. The topological polar surface area (TPSA) is 46.8 Å². The first-order valence-corrected chi connectivity index (χ1v) is 7.10. The molecule has 0 aliphatic carbocycles. The van der Waals surface area contributed by atoms with Gasteiger partial charge in [-0.3, -0.25) is 0 Å². The Balaban J connectivity index is 1.58. The summed E-state index contributed by atoms with van der Waals surface area (Å²) in [5.41, 5.74) is 2.37. The molecule has 5 nitrogen and oxygen atoms in total. The Bertz CT molecular complexity index is 712. The van der Waals surface area contributed by atoms with Crippen molar-refractivity contribution in [2.45, 2.75) is 13.0 Å². The number of aryl methyl sites for hydroxylation is 1. The largest absolute Gasteiger partial charge is 0.343 e. The third kappa shape index (κ3) is 1.71. The normalized spacial score (nSPS) is 15.9. The third-order valence-electron chi connectivity index (χ3n) is 3.51. The van der Waals surface area contributed by atoms with E-state index in [4.69, 9.17) is 4.98 Å². The number of hydrogen-bond acceptors (Lipinski definition) is 5. The maximum Gasteiger partial charge on any atom is 0.186 e. The van der Waals surface area contributed by atoms with Crippen LogP contribution in [0.25, 0.3) is 10.2 Å². The molecule has 0 N–H and O–H groups in total. The smallest absolute Gasteiger partial charge is 0.186 e. The SMILES string of the molecule is Cc1cccc2sc(N3CC(n4nccn4)C3)nc12. The number of benzene rings is 1. The fourth-order valence-corrected chi connectivity index (χ4v) is 3.44. The van der Waals surface area contributed by atoms with E-state index in [9.17, 15) is 0 Å². The van der Waals surface area contributed by atoms with E-state index in [0.717, 1.165) is 23.7 Å². The van der Waals surface area contributed by atoms with Crippen LogP contribution in [-0.2, 0) is 0 Å². The van der Waals surface area contributed by atoms with Crippen LogP contribution in [0.2, 0.25) is 0 Å². The summed E-state index contributed by atoms with van der Waals surface area (Å²) in [5, 5.41) is 9.47. The van der Waals surface area contributed by atoms with Crippen LogP contribution in [0.3, 0.4) is 0 Å². The molecule has 19 heavy (non-hydrogen) atoms. The molecule has 3 aromatic rings. The van der Waals surface area contributed by atoms with E-state index in [1.54, 1.807) is 28.5 Å². The van der Waals surface area contributed by atoms with E-state index < -0.39 is 0 Å². The minimum absolute atomic E-state index is 0.378. The van der Waals surface area contributed by atoms with Crippen molar-refractivity contribution in [3.05, 3.63) is 36.2 Å². The first-order valence-electron chi connectivity index (χ1n) is 6.28. The van der Waals surface area contributed by atoms with E-state index in [1.807, 2.05) is 0 Å². The summed E-state index contributed by atoms with van der Waals surface area (Å²) in [4.78, 5) is 8.82. The van der Waals surface area contributed by atoms with E-state index in [0.29, 0.717) is 6.04 Å². The average molecular weight is 271 g/mol. The van der Waals surface area contributed by atoms with Crippen LogP contribution in [0, 0.1) is 6.92 Å². The van der Waals surface area contributed by atoms with E-state index >= 15 is 0 Å². The molecule has 6 heteroatoms. The van der Waals surface area contributed by atoms with Gasteiger partial charge in [-0.25, -0.2) is 4.98 Å². The third-order valence-corrected chi connectivity index (χ3v) is 4.59. The number of thiazole rings is 1. The number of para-hydroxylation sites is 1. The highest BCUT2D eigenvalue weighted by atomic mass is 32.1. The lowest BCUT2D eigenvalue weighted by Crippen LogP contribution is -2.48. The van der Waals surface area contributed by atoms with Crippen LogP contribution < -0.4 is 4.90 Å². The summed E-state index contributed by atoms with van der Waals surface area (Å²) in [6.45, 7) is 3.99. The number of rotatable bonds is 2. The van der Waals surface area contributed by atoms with Crippen molar-refractivity contribution >= 4 is 26.7 Å². The maximum atomic E-state index is 4.74. The van der Waals surface area contributed by atoms with Crippen molar-refractivity contribution in [3.63, 3.8) is 0 Å². The number of anilines is 1. The quantitative estimate of drug-likeness (QED) is 0.717. The molecule has 0 spiro atoms. The molecule has 0 saturated carbocycles. The first kappa shape index (κ1) is 10.9. The number of fused-ring (bicyclic) bond motifs is 1. The van der Waals surface area contributed by atoms with E-state index in [1.165, 1.54) is 10.3 Å². The molecule has 4 rings (SSSR count). The van der Waals surface area contributed by atoms with Crippen molar-refractivity contribution in [1.29, 1.82) is 0 Å². The number of hydrogen-bond donors (Lipinski definition) is 0. The predicted molar refractivity (Wildman–Crippen MR) is 75.6 cm³/mol. The Hall–Kier alpha value is -1.95. The van der Waals surface area contributed by atoms with Crippen LogP contribution in [0.5, 0.6) is 0 Å². The lowest BCUT2D eigenvalue weighted by atomic mass is 10.1. The summed E-state index contributed by atoms with van der Waals surface area (Å²) in [6, 6.07) is 6.71. The molecule has 0 radical (unpaired) electrons. The van der Waals surface area contributed by atoms with Crippen molar-refractivity contribution in [2.75, 3.05) is 18.0 Å². The minimum atomic E-state index is 0.378. The van der Waals surface area contributed by atoms with Crippen LogP contribution in [0.15, 0.2) is 30.6 Å². The lowest BCUT2D eigenvalue weighted by molar-refractivity contribution is 0.332. The summed E-state index contributed by atoms with van der Waals surface area (Å²) < 4.78 is 1.26. The molecule has 2 aromatic heterocycles. The fraction of sp³-hybridized carbons (Fsp3) is 0.308. The average Bonchev–Trinajstić information content (AvgIpc) is 2.96. The highest BCUT2D eigenvalue weighted by molar-refractivity contribution is 7.22. The molecule has 1 saturated heterocycles. The zero-order valence-corrected chi connectivity index (χ0v) is 11.3.